The van der Waals surface area contributed by atoms with Gasteiger partial charge in [-0.3, -0.25) is 9.59 Å². The third kappa shape index (κ3) is 4.20. The molecule has 0 saturated carbocycles. The number of hydrogen-bond donors (Lipinski definition) is 1. The molecule has 0 aliphatic rings. The Kier molecular flexibility index (Phi) is 4.89. The first-order chi connectivity index (χ1) is 8.40. The molecule has 1 aromatic carbocycles. The van der Waals surface area contributed by atoms with Crippen LogP contribution in [0.5, 0.6) is 0 Å². The summed E-state index contributed by atoms with van der Waals surface area (Å²) in [6.07, 6.45) is 0.304. The van der Waals surface area contributed by atoms with Crippen molar-refractivity contribution in [3.63, 3.8) is 0 Å². The first-order valence-corrected chi connectivity index (χ1v) is 5.92. The summed E-state index contributed by atoms with van der Waals surface area (Å²) in [6, 6.07) is 6.00. The number of nitrogens with zero attached hydrogens (tertiary/aromatic N) is 1. The Bertz CT molecular complexity index is 454. The molecule has 4 nitrogen and oxygen atoms in total. The Morgan fingerprint density at radius 1 is 1.28 bits per heavy atom. The van der Waals surface area contributed by atoms with Gasteiger partial charge in [-0.25, -0.2) is 0 Å². The third-order valence-corrected chi connectivity index (χ3v) is 2.93. The van der Waals surface area contributed by atoms with E-state index < -0.39 is 5.97 Å². The van der Waals surface area contributed by atoms with Gasteiger partial charge in [0, 0.05) is 13.6 Å². The Labute approximate surface area is 107 Å². The molecule has 0 aliphatic heterocycles. The van der Waals surface area contributed by atoms with Crippen LogP contribution in [0, 0.1) is 13.8 Å². The van der Waals surface area contributed by atoms with Crippen molar-refractivity contribution in [3.05, 3.63) is 34.9 Å². The number of likely N-dealkylation sites (N-methyl/N-ethyl adjacent to an activating group) is 1. The number of amides is 1. The van der Waals surface area contributed by atoms with E-state index in [-0.39, 0.29) is 18.9 Å². The fourth-order valence-corrected chi connectivity index (χ4v) is 1.68. The summed E-state index contributed by atoms with van der Waals surface area (Å²) < 4.78 is 0. The predicted octanol–water partition coefficient (Wildman–Crippen LogP) is 1.78. The van der Waals surface area contributed by atoms with Crippen LogP contribution in [-0.4, -0.2) is 35.5 Å². The highest BCUT2D eigenvalue weighted by Crippen LogP contribution is 2.12. The number of carboxylic acids is 1. The van der Waals surface area contributed by atoms with E-state index in [9.17, 15) is 9.59 Å². The SMILES string of the molecule is Cc1ccc(C)c(CC(=O)N(C)CCC(=O)O)c1. The topological polar surface area (TPSA) is 57.6 Å². The van der Waals surface area contributed by atoms with Gasteiger partial charge in [0.15, 0.2) is 0 Å². The normalized spacial score (nSPS) is 10.2. The molecule has 0 atom stereocenters. The summed E-state index contributed by atoms with van der Waals surface area (Å²) in [5.41, 5.74) is 3.21. The van der Waals surface area contributed by atoms with Gasteiger partial charge in [-0.05, 0) is 25.0 Å². The number of rotatable bonds is 5. The van der Waals surface area contributed by atoms with Gasteiger partial charge in [-0.2, -0.15) is 0 Å². The molecule has 0 spiro atoms. The largest absolute Gasteiger partial charge is 0.481 e. The lowest BCUT2D eigenvalue weighted by atomic mass is 10.0. The first-order valence-electron chi connectivity index (χ1n) is 5.92. The lowest BCUT2D eigenvalue weighted by Crippen LogP contribution is -2.30. The zero-order valence-corrected chi connectivity index (χ0v) is 11.1. The highest BCUT2D eigenvalue weighted by atomic mass is 16.4. The molecule has 98 valence electrons. The summed E-state index contributed by atoms with van der Waals surface area (Å²) in [7, 11) is 1.64. The van der Waals surface area contributed by atoms with Crippen LogP contribution in [0.4, 0.5) is 0 Å². The summed E-state index contributed by atoms with van der Waals surface area (Å²) in [4.78, 5) is 23.8. The minimum atomic E-state index is -0.888. The van der Waals surface area contributed by atoms with Gasteiger partial charge in [0.1, 0.15) is 0 Å². The molecule has 1 amide bonds. The zero-order valence-electron chi connectivity index (χ0n) is 11.1. The molecule has 1 N–H and O–H groups in total. The van der Waals surface area contributed by atoms with Crippen LogP contribution in [0.15, 0.2) is 18.2 Å². The minimum absolute atomic E-state index is 0.0188. The highest BCUT2D eigenvalue weighted by Gasteiger charge is 2.12. The molecule has 0 radical (unpaired) electrons. The smallest absolute Gasteiger partial charge is 0.305 e. The fraction of sp³-hybridized carbons (Fsp3) is 0.429. The Morgan fingerprint density at radius 3 is 2.56 bits per heavy atom. The lowest BCUT2D eigenvalue weighted by Gasteiger charge is -2.17. The van der Waals surface area contributed by atoms with Crippen molar-refractivity contribution in [1.29, 1.82) is 0 Å². The maximum absolute atomic E-state index is 11.9. The van der Waals surface area contributed by atoms with Gasteiger partial charge in [0.25, 0.3) is 0 Å². The van der Waals surface area contributed by atoms with Crippen molar-refractivity contribution in [1.82, 2.24) is 4.90 Å². The number of hydrogen-bond acceptors (Lipinski definition) is 2. The van der Waals surface area contributed by atoms with Gasteiger partial charge in [-0.1, -0.05) is 23.8 Å². The number of carbonyl (C=O) groups is 2. The number of benzene rings is 1. The lowest BCUT2D eigenvalue weighted by molar-refractivity contribution is -0.138. The molecule has 0 aromatic heterocycles. The molecule has 18 heavy (non-hydrogen) atoms. The summed E-state index contributed by atoms with van der Waals surface area (Å²) in [6.45, 7) is 4.21. The van der Waals surface area contributed by atoms with Crippen molar-refractivity contribution >= 4 is 11.9 Å². The van der Waals surface area contributed by atoms with E-state index in [4.69, 9.17) is 5.11 Å². The molecule has 0 heterocycles. The highest BCUT2D eigenvalue weighted by molar-refractivity contribution is 5.79. The van der Waals surface area contributed by atoms with Crippen LogP contribution in [-0.2, 0) is 16.0 Å². The van der Waals surface area contributed by atoms with E-state index in [0.717, 1.165) is 16.7 Å². The summed E-state index contributed by atoms with van der Waals surface area (Å²) in [5.74, 6) is -0.939. The minimum Gasteiger partial charge on any atom is -0.481 e. The van der Waals surface area contributed by atoms with E-state index in [1.165, 1.54) is 4.90 Å². The van der Waals surface area contributed by atoms with Crippen LogP contribution in [0.2, 0.25) is 0 Å². The van der Waals surface area contributed by atoms with Crippen LogP contribution in [0.3, 0.4) is 0 Å². The van der Waals surface area contributed by atoms with Gasteiger partial charge in [0.05, 0.1) is 12.8 Å². The van der Waals surface area contributed by atoms with Crippen molar-refractivity contribution in [2.24, 2.45) is 0 Å². The van der Waals surface area contributed by atoms with E-state index >= 15 is 0 Å². The average Bonchev–Trinajstić information content (AvgIpc) is 2.30. The maximum atomic E-state index is 11.9. The molecule has 0 aliphatic carbocycles. The summed E-state index contributed by atoms with van der Waals surface area (Å²) in [5, 5.41) is 8.58. The monoisotopic (exact) mass is 249 g/mol. The fourth-order valence-electron chi connectivity index (χ4n) is 1.68. The average molecular weight is 249 g/mol. The molecule has 0 bridgehead atoms. The Hall–Kier alpha value is -1.84. The second kappa shape index (κ2) is 6.19. The second-order valence-electron chi connectivity index (χ2n) is 4.57. The van der Waals surface area contributed by atoms with Gasteiger partial charge < -0.3 is 10.0 Å². The zero-order chi connectivity index (χ0) is 13.7. The van der Waals surface area contributed by atoms with Crippen LogP contribution < -0.4 is 0 Å². The van der Waals surface area contributed by atoms with Crippen LogP contribution in [0.25, 0.3) is 0 Å². The van der Waals surface area contributed by atoms with E-state index in [2.05, 4.69) is 0 Å². The van der Waals surface area contributed by atoms with E-state index in [1.54, 1.807) is 7.05 Å². The summed E-state index contributed by atoms with van der Waals surface area (Å²) >= 11 is 0. The molecule has 4 heteroatoms. The molecule has 1 aromatic rings. The molecule has 0 saturated heterocycles. The van der Waals surface area contributed by atoms with Gasteiger partial charge in [0.2, 0.25) is 5.91 Å². The first kappa shape index (κ1) is 14.2. The maximum Gasteiger partial charge on any atom is 0.305 e. The molecular formula is C14H19NO3. The molecular weight excluding hydrogens is 230 g/mol. The van der Waals surface area contributed by atoms with Crippen LogP contribution in [0.1, 0.15) is 23.1 Å². The van der Waals surface area contributed by atoms with Crippen molar-refractivity contribution in [3.8, 4) is 0 Å². The standard InChI is InChI=1S/C14H19NO3/c1-10-4-5-11(2)12(8-10)9-13(16)15(3)7-6-14(17)18/h4-5,8H,6-7,9H2,1-3H3,(H,17,18). The van der Waals surface area contributed by atoms with Crippen LogP contribution >= 0.6 is 0 Å². The Balaban J connectivity index is 2.63. The van der Waals surface area contributed by atoms with Crippen molar-refractivity contribution in [2.75, 3.05) is 13.6 Å². The Morgan fingerprint density at radius 2 is 1.94 bits per heavy atom. The van der Waals surface area contributed by atoms with Gasteiger partial charge in [-0.15, -0.1) is 0 Å². The predicted molar refractivity (Wildman–Crippen MR) is 69.5 cm³/mol. The van der Waals surface area contributed by atoms with Gasteiger partial charge >= 0.3 is 5.97 Å². The number of aryl methyl sites for hydroxylation is 2. The number of carbonyl (C=O) groups excluding carboxylic acids is 1. The molecule has 0 fully saturated rings. The van der Waals surface area contributed by atoms with E-state index in [0.29, 0.717) is 6.42 Å². The quantitative estimate of drug-likeness (QED) is 0.865. The third-order valence-electron chi connectivity index (χ3n) is 2.93. The van der Waals surface area contributed by atoms with Crippen molar-refractivity contribution < 1.29 is 14.7 Å². The van der Waals surface area contributed by atoms with E-state index in [1.807, 2.05) is 32.0 Å². The van der Waals surface area contributed by atoms with Crippen molar-refractivity contribution in [2.45, 2.75) is 26.7 Å². The number of aliphatic carboxylic acids is 1. The second-order valence-corrected chi connectivity index (χ2v) is 4.57. The number of carboxylic acid groups (broad SMARTS) is 1. The molecule has 0 unspecified atom stereocenters. The molecule has 1 rings (SSSR count).